The summed E-state index contributed by atoms with van der Waals surface area (Å²) in [5, 5.41) is 9.28. The van der Waals surface area contributed by atoms with Crippen LogP contribution in [0.4, 0.5) is 0 Å². The van der Waals surface area contributed by atoms with Crippen LogP contribution in [0.1, 0.15) is 29.9 Å². The zero-order valence-corrected chi connectivity index (χ0v) is 18.5. The molecule has 0 unspecified atom stereocenters. The van der Waals surface area contributed by atoms with Crippen molar-refractivity contribution in [2.24, 2.45) is 5.10 Å². The lowest BCUT2D eigenvalue weighted by Crippen LogP contribution is -2.28. The Morgan fingerprint density at radius 3 is 2.38 bits per heavy atom. The number of benzene rings is 2. The minimum atomic E-state index is -0.509. The molecule has 0 aliphatic rings. The van der Waals surface area contributed by atoms with Crippen molar-refractivity contribution in [3.63, 3.8) is 0 Å². The van der Waals surface area contributed by atoms with Crippen LogP contribution in [0.3, 0.4) is 0 Å². The van der Waals surface area contributed by atoms with Gasteiger partial charge >= 0.3 is 0 Å². The molecular weight excluding hydrogens is 410 g/mol. The number of ether oxygens (including phenoxy) is 1. The lowest BCUT2D eigenvalue weighted by Gasteiger charge is -2.11. The van der Waals surface area contributed by atoms with Crippen molar-refractivity contribution in [2.45, 2.75) is 20.4 Å². The maximum absolute atomic E-state index is 12.8. The molecule has 0 spiro atoms. The van der Waals surface area contributed by atoms with Crippen molar-refractivity contribution in [3.8, 4) is 5.75 Å². The van der Waals surface area contributed by atoms with Crippen molar-refractivity contribution < 1.29 is 14.3 Å². The highest BCUT2D eigenvalue weighted by molar-refractivity contribution is 6.06. The third-order valence-electron chi connectivity index (χ3n) is 4.84. The number of fused-ring (bicyclic) bond motifs is 1. The van der Waals surface area contributed by atoms with Gasteiger partial charge in [-0.2, -0.15) is 10.2 Å². The summed E-state index contributed by atoms with van der Waals surface area (Å²) in [6.07, 6.45) is 0. The van der Waals surface area contributed by atoms with Gasteiger partial charge in [-0.1, -0.05) is 18.2 Å². The molecule has 0 aliphatic carbocycles. The predicted molar refractivity (Wildman–Crippen MR) is 122 cm³/mol. The van der Waals surface area contributed by atoms with E-state index < -0.39 is 5.91 Å². The van der Waals surface area contributed by atoms with Crippen molar-refractivity contribution in [2.75, 3.05) is 20.7 Å². The molecule has 32 heavy (non-hydrogen) atoms. The van der Waals surface area contributed by atoms with Gasteiger partial charge in [0.05, 0.1) is 11.1 Å². The number of carbonyl (C=O) groups is 2. The largest absolute Gasteiger partial charge is 0.484 e. The number of likely N-dealkylation sites (N-methyl/N-ethyl adjacent to an activating group) is 1. The van der Waals surface area contributed by atoms with E-state index in [4.69, 9.17) is 4.74 Å². The fraction of sp³-hybridized carbons (Fsp3) is 0.261. The van der Waals surface area contributed by atoms with E-state index in [-0.39, 0.29) is 23.8 Å². The molecule has 0 fully saturated rings. The summed E-state index contributed by atoms with van der Waals surface area (Å²) in [7, 11) is 3.33. The maximum Gasteiger partial charge on any atom is 0.292 e. The molecule has 1 aromatic heterocycles. The van der Waals surface area contributed by atoms with Crippen molar-refractivity contribution in [1.29, 1.82) is 0 Å². The fourth-order valence-corrected chi connectivity index (χ4v) is 2.94. The highest BCUT2D eigenvalue weighted by Gasteiger charge is 2.16. The summed E-state index contributed by atoms with van der Waals surface area (Å²) < 4.78 is 6.71. The number of nitrogens with zero attached hydrogens (tertiary/aromatic N) is 4. The van der Waals surface area contributed by atoms with Crippen LogP contribution in [0.2, 0.25) is 0 Å². The summed E-state index contributed by atoms with van der Waals surface area (Å²) in [4.78, 5) is 38.3. The fourth-order valence-electron chi connectivity index (χ4n) is 2.94. The topological polar surface area (TPSA) is 106 Å². The minimum absolute atomic E-state index is 0.0453. The number of nitrogens with one attached hydrogen (secondary N) is 1. The second kappa shape index (κ2) is 9.86. The zero-order chi connectivity index (χ0) is 23.3. The smallest absolute Gasteiger partial charge is 0.292 e. The van der Waals surface area contributed by atoms with Gasteiger partial charge in [-0.25, -0.2) is 10.1 Å². The van der Waals surface area contributed by atoms with E-state index in [2.05, 4.69) is 15.6 Å². The van der Waals surface area contributed by atoms with Crippen molar-refractivity contribution >= 4 is 28.3 Å². The number of hydrazone groups is 1. The van der Waals surface area contributed by atoms with E-state index in [0.29, 0.717) is 28.8 Å². The first-order valence-electron chi connectivity index (χ1n) is 10.1. The summed E-state index contributed by atoms with van der Waals surface area (Å²) in [5.74, 6) is -0.0896. The summed E-state index contributed by atoms with van der Waals surface area (Å²) in [5.41, 5.74) is 3.75. The SMILES string of the molecule is CCn1nc(C(=O)N/N=C(\C)c2ccc(OCC(=O)N(C)C)cc2)c2ccccc2c1=O. The number of hydrogen-bond acceptors (Lipinski definition) is 6. The second-order valence-corrected chi connectivity index (χ2v) is 7.25. The van der Waals surface area contributed by atoms with Crippen LogP contribution < -0.4 is 15.7 Å². The third-order valence-corrected chi connectivity index (χ3v) is 4.84. The Balaban J connectivity index is 1.75. The van der Waals surface area contributed by atoms with E-state index in [0.717, 1.165) is 5.56 Å². The molecule has 2 aromatic carbocycles. The van der Waals surface area contributed by atoms with Gasteiger partial charge in [-0.3, -0.25) is 14.4 Å². The predicted octanol–water partition coefficient (Wildman–Crippen LogP) is 2.04. The van der Waals surface area contributed by atoms with Gasteiger partial charge in [0.1, 0.15) is 5.75 Å². The van der Waals surface area contributed by atoms with Crippen LogP contribution in [0.15, 0.2) is 58.4 Å². The van der Waals surface area contributed by atoms with E-state index >= 15 is 0 Å². The number of hydrogen-bond donors (Lipinski definition) is 1. The van der Waals surface area contributed by atoms with Gasteiger partial charge < -0.3 is 9.64 Å². The molecular formula is C23H25N5O4. The van der Waals surface area contributed by atoms with Crippen LogP contribution in [-0.2, 0) is 11.3 Å². The molecule has 9 nitrogen and oxygen atoms in total. The molecule has 1 heterocycles. The molecule has 0 atom stereocenters. The molecule has 3 aromatic rings. The number of aromatic nitrogens is 2. The molecule has 2 amide bonds. The van der Waals surface area contributed by atoms with Crippen LogP contribution >= 0.6 is 0 Å². The number of carbonyl (C=O) groups excluding carboxylic acids is 2. The zero-order valence-electron chi connectivity index (χ0n) is 18.5. The number of rotatable bonds is 7. The summed E-state index contributed by atoms with van der Waals surface area (Å²) in [6, 6.07) is 13.9. The molecule has 1 N–H and O–H groups in total. The molecule has 0 radical (unpaired) electrons. The Kier molecular flexibility index (Phi) is 6.99. The van der Waals surface area contributed by atoms with E-state index in [9.17, 15) is 14.4 Å². The molecule has 0 bridgehead atoms. The van der Waals surface area contributed by atoms with Crippen LogP contribution in [0.5, 0.6) is 5.75 Å². The second-order valence-electron chi connectivity index (χ2n) is 7.25. The Bertz CT molecular complexity index is 1230. The lowest BCUT2D eigenvalue weighted by atomic mass is 10.1. The van der Waals surface area contributed by atoms with Crippen molar-refractivity contribution in [1.82, 2.24) is 20.1 Å². The Morgan fingerprint density at radius 1 is 1.09 bits per heavy atom. The molecule has 0 aliphatic heterocycles. The van der Waals surface area contributed by atoms with Crippen LogP contribution in [0, 0.1) is 0 Å². The van der Waals surface area contributed by atoms with Crippen molar-refractivity contribution in [3.05, 3.63) is 70.1 Å². The number of amides is 2. The molecule has 0 saturated heterocycles. The number of aryl methyl sites for hydroxylation is 1. The van der Waals surface area contributed by atoms with Gasteiger partial charge in [-0.05, 0) is 49.7 Å². The monoisotopic (exact) mass is 435 g/mol. The Hall–Kier alpha value is -4.01. The van der Waals surface area contributed by atoms with Gasteiger partial charge in [-0.15, -0.1) is 0 Å². The first-order valence-corrected chi connectivity index (χ1v) is 10.1. The van der Waals surface area contributed by atoms with Crippen LogP contribution in [-0.4, -0.2) is 52.9 Å². The average molecular weight is 435 g/mol. The van der Waals surface area contributed by atoms with Crippen LogP contribution in [0.25, 0.3) is 10.8 Å². The minimum Gasteiger partial charge on any atom is -0.484 e. The van der Waals surface area contributed by atoms with E-state index in [1.54, 1.807) is 76.5 Å². The Morgan fingerprint density at radius 2 is 1.75 bits per heavy atom. The average Bonchev–Trinajstić information content (AvgIpc) is 2.81. The summed E-state index contributed by atoms with van der Waals surface area (Å²) in [6.45, 7) is 3.85. The van der Waals surface area contributed by atoms with E-state index in [1.165, 1.54) is 9.58 Å². The highest BCUT2D eigenvalue weighted by atomic mass is 16.5. The van der Waals surface area contributed by atoms with Gasteiger partial charge in [0.25, 0.3) is 17.4 Å². The first-order chi connectivity index (χ1) is 15.3. The van der Waals surface area contributed by atoms with Gasteiger partial charge in [0, 0.05) is 26.0 Å². The Labute approximate surface area is 185 Å². The standard InChI is InChI=1S/C23H25N5O4/c1-5-28-23(31)19-9-7-6-8-18(19)21(26-28)22(30)25-24-15(2)16-10-12-17(13-11-16)32-14-20(29)27(3)4/h6-13H,5,14H2,1-4H3,(H,25,30)/b24-15+. The quantitative estimate of drug-likeness (QED) is 0.452. The van der Waals surface area contributed by atoms with E-state index in [1.807, 2.05) is 0 Å². The molecule has 9 heteroatoms. The summed E-state index contributed by atoms with van der Waals surface area (Å²) >= 11 is 0. The molecule has 3 rings (SSSR count). The van der Waals surface area contributed by atoms with Gasteiger partial charge in [0.2, 0.25) is 0 Å². The van der Waals surface area contributed by atoms with Gasteiger partial charge in [0.15, 0.2) is 12.3 Å². The normalized spacial score (nSPS) is 11.3. The molecule has 166 valence electrons. The first kappa shape index (κ1) is 22.7. The third kappa shape index (κ3) is 5.00. The lowest BCUT2D eigenvalue weighted by molar-refractivity contribution is -0.130. The highest BCUT2D eigenvalue weighted by Crippen LogP contribution is 2.14. The maximum atomic E-state index is 12.8. The molecule has 0 saturated carbocycles.